The number of ether oxygens (including phenoxy) is 9. The van der Waals surface area contributed by atoms with Crippen LogP contribution >= 0.6 is 0 Å². The van der Waals surface area contributed by atoms with E-state index in [9.17, 15) is 4.79 Å². The average molecular weight is 701 g/mol. The normalized spacial score (nSPS) is 20.3. The number of esters is 1. The fourth-order valence-corrected chi connectivity index (χ4v) is 5.58. The van der Waals surface area contributed by atoms with Gasteiger partial charge in [0.15, 0.2) is 17.6 Å². The van der Waals surface area contributed by atoms with Crippen LogP contribution in [0.2, 0.25) is 0 Å². The van der Waals surface area contributed by atoms with Crippen molar-refractivity contribution in [2.75, 3.05) is 27.9 Å². The molecule has 0 saturated carbocycles. The molecule has 0 amide bonds. The van der Waals surface area contributed by atoms with Gasteiger partial charge in [0.2, 0.25) is 12.0 Å². The van der Waals surface area contributed by atoms with E-state index in [0.717, 1.165) is 16.7 Å². The quantitative estimate of drug-likeness (QED) is 0.112. The summed E-state index contributed by atoms with van der Waals surface area (Å²) in [4.78, 5) is 13.6. The summed E-state index contributed by atoms with van der Waals surface area (Å²) in [5.74, 6) is 1.05. The standard InChI is InChI=1S/C41H48O10/c1-41(2,3)40(42)51-38-37(48-26-30-20-14-9-15-21-30)36(47-25-29-18-12-8-13-19-29)34(27-46-24-28-16-10-7-11-17-28)50-39(38)49-31-22-32(43-4)35(45-6)33(23-31)44-5/h7-23,34,36-39H,24-27H2,1-6H3/t34-,36-,37+,38-,39-/m1/s1. The van der Waals surface area contributed by atoms with Crippen molar-refractivity contribution in [3.8, 4) is 23.0 Å². The topological polar surface area (TPSA) is 100 Å². The highest BCUT2D eigenvalue weighted by Gasteiger charge is 2.52. The highest BCUT2D eigenvalue weighted by atomic mass is 16.7. The lowest BCUT2D eigenvalue weighted by molar-refractivity contribution is -0.304. The summed E-state index contributed by atoms with van der Waals surface area (Å²) >= 11 is 0. The van der Waals surface area contributed by atoms with E-state index in [0.29, 0.717) is 29.6 Å². The minimum absolute atomic E-state index is 0.134. The SMILES string of the molecule is COc1cc(O[C@@H]2O[C@H](COCc3ccccc3)[C@@H](OCc3ccccc3)[C@H](OCc3ccccc3)[C@H]2OC(=O)C(C)(C)C)cc(OC)c1OC. The average Bonchev–Trinajstić information content (AvgIpc) is 3.14. The van der Waals surface area contributed by atoms with Crippen molar-refractivity contribution in [1.29, 1.82) is 0 Å². The number of methoxy groups -OCH3 is 3. The van der Waals surface area contributed by atoms with Gasteiger partial charge in [-0.25, -0.2) is 0 Å². The molecule has 1 saturated heterocycles. The molecule has 0 spiro atoms. The molecule has 1 aliphatic rings. The van der Waals surface area contributed by atoms with Gasteiger partial charge in [-0.2, -0.15) is 0 Å². The maximum atomic E-state index is 13.6. The molecule has 0 N–H and O–H groups in total. The van der Waals surface area contributed by atoms with Gasteiger partial charge in [0.25, 0.3) is 0 Å². The third kappa shape index (κ3) is 10.2. The smallest absolute Gasteiger partial charge is 0.311 e. The third-order valence-electron chi connectivity index (χ3n) is 8.30. The molecule has 4 aromatic carbocycles. The van der Waals surface area contributed by atoms with Gasteiger partial charge in [-0.1, -0.05) is 91.0 Å². The zero-order valence-corrected chi connectivity index (χ0v) is 30.1. The Hall–Kier alpha value is -4.61. The predicted octanol–water partition coefficient (Wildman–Crippen LogP) is 7.16. The van der Waals surface area contributed by atoms with Crippen LogP contribution < -0.4 is 18.9 Å². The Morgan fingerprint density at radius 3 is 1.61 bits per heavy atom. The molecule has 51 heavy (non-hydrogen) atoms. The number of hydrogen-bond acceptors (Lipinski definition) is 10. The number of benzene rings is 4. The number of carbonyl (C=O) groups is 1. The maximum absolute atomic E-state index is 13.6. The van der Waals surface area contributed by atoms with Crippen LogP contribution in [0.1, 0.15) is 37.5 Å². The molecule has 1 heterocycles. The van der Waals surface area contributed by atoms with Gasteiger partial charge in [0.1, 0.15) is 24.1 Å². The lowest BCUT2D eigenvalue weighted by Gasteiger charge is -2.45. The Morgan fingerprint density at radius 1 is 0.647 bits per heavy atom. The molecule has 10 nitrogen and oxygen atoms in total. The van der Waals surface area contributed by atoms with E-state index >= 15 is 0 Å². The molecule has 5 atom stereocenters. The molecule has 272 valence electrons. The Kier molecular flexibility index (Phi) is 13.3. The van der Waals surface area contributed by atoms with Crippen LogP contribution in [0.15, 0.2) is 103 Å². The fraction of sp³-hybridized carbons (Fsp3) is 0.390. The molecule has 4 aromatic rings. The molecule has 0 aliphatic carbocycles. The van der Waals surface area contributed by atoms with E-state index in [-0.39, 0.29) is 19.8 Å². The molecule has 0 radical (unpaired) electrons. The number of carbonyl (C=O) groups excluding carboxylic acids is 1. The van der Waals surface area contributed by atoms with Crippen molar-refractivity contribution in [2.45, 2.75) is 71.3 Å². The van der Waals surface area contributed by atoms with Gasteiger partial charge >= 0.3 is 5.97 Å². The zero-order valence-electron chi connectivity index (χ0n) is 30.1. The van der Waals surface area contributed by atoms with Gasteiger partial charge in [0, 0.05) is 12.1 Å². The molecule has 1 fully saturated rings. The Labute approximate surface area is 300 Å². The van der Waals surface area contributed by atoms with E-state index in [2.05, 4.69) is 0 Å². The summed E-state index contributed by atoms with van der Waals surface area (Å²) < 4.78 is 55.8. The summed E-state index contributed by atoms with van der Waals surface area (Å²) in [7, 11) is 4.57. The first-order valence-electron chi connectivity index (χ1n) is 17.0. The van der Waals surface area contributed by atoms with Crippen LogP contribution in [0, 0.1) is 5.41 Å². The molecule has 0 unspecified atom stereocenters. The predicted molar refractivity (Wildman–Crippen MR) is 191 cm³/mol. The minimum Gasteiger partial charge on any atom is -0.493 e. The van der Waals surface area contributed by atoms with Crippen molar-refractivity contribution < 1.29 is 47.4 Å². The van der Waals surface area contributed by atoms with E-state index in [1.54, 1.807) is 32.9 Å². The van der Waals surface area contributed by atoms with E-state index in [1.165, 1.54) is 21.3 Å². The maximum Gasteiger partial charge on any atom is 0.311 e. The number of hydrogen-bond donors (Lipinski definition) is 0. The van der Waals surface area contributed by atoms with Crippen LogP contribution in [0.3, 0.4) is 0 Å². The van der Waals surface area contributed by atoms with Crippen molar-refractivity contribution >= 4 is 5.97 Å². The first-order valence-corrected chi connectivity index (χ1v) is 17.0. The Balaban J connectivity index is 1.54. The second kappa shape index (κ2) is 18.1. The zero-order chi connectivity index (χ0) is 36.2. The van der Waals surface area contributed by atoms with Crippen LogP contribution in [0.25, 0.3) is 0 Å². The molecule has 10 heteroatoms. The lowest BCUT2D eigenvalue weighted by atomic mass is 9.95. The Morgan fingerprint density at radius 2 is 1.14 bits per heavy atom. The van der Waals surface area contributed by atoms with Gasteiger partial charge < -0.3 is 42.6 Å². The van der Waals surface area contributed by atoms with E-state index in [4.69, 9.17) is 42.6 Å². The lowest BCUT2D eigenvalue weighted by Crippen LogP contribution is -2.63. The fourth-order valence-electron chi connectivity index (χ4n) is 5.58. The van der Waals surface area contributed by atoms with Gasteiger partial charge in [-0.05, 0) is 37.5 Å². The monoisotopic (exact) mass is 700 g/mol. The summed E-state index contributed by atoms with van der Waals surface area (Å²) in [6.07, 6.45) is -4.49. The summed E-state index contributed by atoms with van der Waals surface area (Å²) in [5.41, 5.74) is 2.07. The van der Waals surface area contributed by atoms with Crippen molar-refractivity contribution in [1.82, 2.24) is 0 Å². The molecule has 0 aromatic heterocycles. The van der Waals surface area contributed by atoms with E-state index < -0.39 is 42.1 Å². The van der Waals surface area contributed by atoms with Gasteiger partial charge in [-0.3, -0.25) is 4.79 Å². The van der Waals surface area contributed by atoms with Crippen LogP contribution in [-0.2, 0) is 48.3 Å². The van der Waals surface area contributed by atoms with Crippen molar-refractivity contribution in [2.24, 2.45) is 5.41 Å². The second-order valence-corrected chi connectivity index (χ2v) is 13.2. The number of rotatable bonds is 16. The molecule has 1 aliphatic heterocycles. The first-order chi connectivity index (χ1) is 24.7. The largest absolute Gasteiger partial charge is 0.493 e. The molecule has 0 bridgehead atoms. The molecular formula is C41H48O10. The highest BCUT2D eigenvalue weighted by molar-refractivity contribution is 5.75. The van der Waals surface area contributed by atoms with Crippen LogP contribution in [-0.4, -0.2) is 64.6 Å². The molecular weight excluding hydrogens is 652 g/mol. The van der Waals surface area contributed by atoms with E-state index in [1.807, 2.05) is 91.0 Å². The first kappa shape index (κ1) is 37.6. The highest BCUT2D eigenvalue weighted by Crippen LogP contribution is 2.42. The van der Waals surface area contributed by atoms with Crippen LogP contribution in [0.4, 0.5) is 0 Å². The van der Waals surface area contributed by atoms with Crippen molar-refractivity contribution in [3.05, 3.63) is 120 Å². The van der Waals surface area contributed by atoms with Crippen molar-refractivity contribution in [3.63, 3.8) is 0 Å². The van der Waals surface area contributed by atoms with Crippen LogP contribution in [0.5, 0.6) is 23.0 Å². The van der Waals surface area contributed by atoms with Gasteiger partial charge in [-0.15, -0.1) is 0 Å². The second-order valence-electron chi connectivity index (χ2n) is 13.2. The third-order valence-corrected chi connectivity index (χ3v) is 8.30. The Bertz CT molecular complexity index is 1620. The minimum atomic E-state index is -1.15. The summed E-state index contributed by atoms with van der Waals surface area (Å²) in [6.45, 7) is 6.33. The van der Waals surface area contributed by atoms with Gasteiger partial charge in [0.05, 0.1) is 53.2 Å². The summed E-state index contributed by atoms with van der Waals surface area (Å²) in [5, 5.41) is 0. The summed E-state index contributed by atoms with van der Waals surface area (Å²) in [6, 6.07) is 32.8. The molecule has 5 rings (SSSR count).